The Morgan fingerprint density at radius 3 is 2.56 bits per heavy atom. The van der Waals surface area contributed by atoms with Gasteiger partial charge < -0.3 is 10.6 Å². The number of anilines is 2. The minimum atomic E-state index is -3.87. The number of nitrogens with zero attached hydrogens (tertiary/aromatic N) is 2. The quantitative estimate of drug-likeness (QED) is 0.564. The Bertz CT molecular complexity index is 1230. The zero-order chi connectivity index (χ0) is 22.9. The standard InChI is InChI=1S/C21H20F2N4O3S2/c1-13(28)25-21-24-10-20(31-21)32(29,30)27-11-16(14-5-3-2-4-6-14)19(12-27)26-15-7-8-17(22)18(23)9-15/h2-10,16,19,26H,11-12H2,1H3,(H,24,25,28). The van der Waals surface area contributed by atoms with Crippen LogP contribution >= 0.6 is 11.3 Å². The molecular formula is C21H20F2N4O3S2. The molecule has 32 heavy (non-hydrogen) atoms. The number of aromatic nitrogens is 1. The number of nitrogens with one attached hydrogen (secondary N) is 2. The number of hydrogen-bond acceptors (Lipinski definition) is 6. The fraction of sp³-hybridized carbons (Fsp3) is 0.238. The maximum Gasteiger partial charge on any atom is 0.254 e. The van der Waals surface area contributed by atoms with E-state index in [1.54, 1.807) is 0 Å². The molecule has 1 fully saturated rings. The van der Waals surface area contributed by atoms with E-state index in [0.717, 1.165) is 29.0 Å². The number of amides is 1. The first-order valence-electron chi connectivity index (χ1n) is 9.74. The molecular weight excluding hydrogens is 458 g/mol. The molecule has 3 aromatic rings. The average molecular weight is 479 g/mol. The largest absolute Gasteiger partial charge is 0.380 e. The number of benzene rings is 2. The van der Waals surface area contributed by atoms with Crippen molar-refractivity contribution in [3.63, 3.8) is 0 Å². The Balaban J connectivity index is 1.62. The Hall–Kier alpha value is -2.89. The van der Waals surface area contributed by atoms with Gasteiger partial charge in [0.25, 0.3) is 10.0 Å². The summed E-state index contributed by atoms with van der Waals surface area (Å²) in [5, 5.41) is 5.84. The average Bonchev–Trinajstić information content (AvgIpc) is 3.39. The molecule has 11 heteroatoms. The lowest BCUT2D eigenvalue weighted by molar-refractivity contribution is -0.114. The molecule has 1 saturated heterocycles. The van der Waals surface area contributed by atoms with Gasteiger partial charge in [-0.1, -0.05) is 41.7 Å². The summed E-state index contributed by atoms with van der Waals surface area (Å²) in [5.74, 6) is -2.50. The van der Waals surface area contributed by atoms with Crippen molar-refractivity contribution in [2.75, 3.05) is 23.7 Å². The summed E-state index contributed by atoms with van der Waals surface area (Å²) in [6.45, 7) is 1.63. The Morgan fingerprint density at radius 2 is 1.88 bits per heavy atom. The van der Waals surface area contributed by atoms with E-state index in [1.807, 2.05) is 30.3 Å². The van der Waals surface area contributed by atoms with E-state index in [0.29, 0.717) is 5.69 Å². The van der Waals surface area contributed by atoms with Gasteiger partial charge >= 0.3 is 0 Å². The van der Waals surface area contributed by atoms with Crippen molar-refractivity contribution in [2.24, 2.45) is 0 Å². The van der Waals surface area contributed by atoms with Gasteiger partial charge in [-0.2, -0.15) is 4.31 Å². The molecule has 7 nitrogen and oxygen atoms in total. The van der Waals surface area contributed by atoms with E-state index in [-0.39, 0.29) is 40.3 Å². The highest BCUT2D eigenvalue weighted by Crippen LogP contribution is 2.35. The van der Waals surface area contributed by atoms with Gasteiger partial charge in [0, 0.05) is 43.7 Å². The molecule has 2 aromatic carbocycles. The lowest BCUT2D eigenvalue weighted by atomic mass is 9.94. The lowest BCUT2D eigenvalue weighted by Gasteiger charge is -2.21. The van der Waals surface area contributed by atoms with Crippen molar-refractivity contribution in [2.45, 2.75) is 23.1 Å². The molecule has 2 heterocycles. The first-order valence-corrected chi connectivity index (χ1v) is 12.0. The number of rotatable bonds is 6. The lowest BCUT2D eigenvalue weighted by Crippen LogP contribution is -2.31. The van der Waals surface area contributed by atoms with Gasteiger partial charge in [-0.25, -0.2) is 22.2 Å². The summed E-state index contributed by atoms with van der Waals surface area (Å²) in [7, 11) is -3.87. The van der Waals surface area contributed by atoms with Gasteiger partial charge in [-0.3, -0.25) is 4.79 Å². The fourth-order valence-corrected chi connectivity index (χ4v) is 6.39. The molecule has 1 amide bonds. The first-order chi connectivity index (χ1) is 15.2. The van der Waals surface area contributed by atoms with Crippen molar-refractivity contribution in [1.29, 1.82) is 0 Å². The van der Waals surface area contributed by atoms with Gasteiger partial charge in [0.05, 0.1) is 6.20 Å². The number of carbonyl (C=O) groups is 1. The third-order valence-corrected chi connectivity index (χ3v) is 8.33. The van der Waals surface area contributed by atoms with Crippen LogP contribution in [-0.2, 0) is 14.8 Å². The van der Waals surface area contributed by atoms with Crippen LogP contribution in [0, 0.1) is 11.6 Å². The SMILES string of the molecule is CC(=O)Nc1ncc(S(=O)(=O)N2CC(Nc3ccc(F)c(F)c3)C(c3ccccc3)C2)s1. The summed E-state index contributed by atoms with van der Waals surface area (Å²) >= 11 is 0.876. The molecule has 2 unspecified atom stereocenters. The zero-order valence-corrected chi connectivity index (χ0v) is 18.6. The number of thiazole rings is 1. The van der Waals surface area contributed by atoms with Crippen LogP contribution in [-0.4, -0.2) is 42.7 Å². The van der Waals surface area contributed by atoms with E-state index in [2.05, 4.69) is 15.6 Å². The van der Waals surface area contributed by atoms with Gasteiger partial charge in [-0.05, 0) is 17.7 Å². The van der Waals surface area contributed by atoms with Crippen molar-refractivity contribution < 1.29 is 22.0 Å². The minimum Gasteiger partial charge on any atom is -0.380 e. The second kappa shape index (κ2) is 8.93. The first kappa shape index (κ1) is 22.3. The number of carbonyl (C=O) groups excluding carboxylic acids is 1. The van der Waals surface area contributed by atoms with Crippen molar-refractivity contribution in [3.05, 3.63) is 71.9 Å². The molecule has 0 bridgehead atoms. The molecule has 1 aliphatic rings. The Labute approximate surface area is 188 Å². The number of sulfonamides is 1. The van der Waals surface area contributed by atoms with Crippen LogP contribution < -0.4 is 10.6 Å². The monoisotopic (exact) mass is 478 g/mol. The molecule has 2 N–H and O–H groups in total. The molecule has 0 spiro atoms. The van der Waals surface area contributed by atoms with E-state index < -0.39 is 21.7 Å². The summed E-state index contributed by atoms with van der Waals surface area (Å²) < 4.78 is 54.9. The third-order valence-electron chi connectivity index (χ3n) is 5.15. The summed E-state index contributed by atoms with van der Waals surface area (Å²) in [6, 6.07) is 12.5. The predicted octanol–water partition coefficient (Wildman–Crippen LogP) is 3.65. The highest BCUT2D eigenvalue weighted by atomic mass is 32.2. The molecule has 0 aliphatic carbocycles. The van der Waals surface area contributed by atoms with Gasteiger partial charge in [0.2, 0.25) is 5.91 Å². The van der Waals surface area contributed by atoms with Crippen LogP contribution in [0.3, 0.4) is 0 Å². The predicted molar refractivity (Wildman–Crippen MR) is 118 cm³/mol. The van der Waals surface area contributed by atoms with Crippen LogP contribution in [0.1, 0.15) is 18.4 Å². The van der Waals surface area contributed by atoms with Crippen LogP contribution in [0.25, 0.3) is 0 Å². The van der Waals surface area contributed by atoms with Crippen LogP contribution in [0.5, 0.6) is 0 Å². The second-order valence-corrected chi connectivity index (χ2v) is 10.6. The van der Waals surface area contributed by atoms with Gasteiger partial charge in [-0.15, -0.1) is 0 Å². The molecule has 1 aromatic heterocycles. The maximum absolute atomic E-state index is 13.7. The van der Waals surface area contributed by atoms with Crippen LogP contribution in [0.2, 0.25) is 0 Å². The van der Waals surface area contributed by atoms with E-state index in [4.69, 9.17) is 0 Å². The van der Waals surface area contributed by atoms with Crippen molar-refractivity contribution >= 4 is 38.1 Å². The van der Waals surface area contributed by atoms with Crippen molar-refractivity contribution in [1.82, 2.24) is 9.29 Å². The third kappa shape index (κ3) is 4.64. The summed E-state index contributed by atoms with van der Waals surface area (Å²) in [4.78, 5) is 15.2. The topological polar surface area (TPSA) is 91.4 Å². The normalized spacial score (nSPS) is 19.1. The molecule has 0 radical (unpaired) electrons. The van der Waals surface area contributed by atoms with E-state index >= 15 is 0 Å². The Kier molecular flexibility index (Phi) is 6.22. The summed E-state index contributed by atoms with van der Waals surface area (Å²) in [6.07, 6.45) is 1.22. The number of hydrogen-bond donors (Lipinski definition) is 2. The zero-order valence-electron chi connectivity index (χ0n) is 17.0. The molecule has 4 rings (SSSR count). The van der Waals surface area contributed by atoms with Crippen LogP contribution in [0.15, 0.2) is 58.9 Å². The fourth-order valence-electron chi connectivity index (χ4n) is 3.66. The Morgan fingerprint density at radius 1 is 1.12 bits per heavy atom. The van der Waals surface area contributed by atoms with Crippen molar-refractivity contribution in [3.8, 4) is 0 Å². The summed E-state index contributed by atoms with van der Waals surface area (Å²) in [5.41, 5.74) is 1.29. The minimum absolute atomic E-state index is 0.0153. The van der Waals surface area contributed by atoms with E-state index in [9.17, 15) is 22.0 Å². The highest BCUT2D eigenvalue weighted by molar-refractivity contribution is 7.91. The smallest absolute Gasteiger partial charge is 0.254 e. The molecule has 1 aliphatic heterocycles. The molecule has 0 saturated carbocycles. The van der Waals surface area contributed by atoms with Gasteiger partial charge in [0.1, 0.15) is 0 Å². The molecule has 2 atom stereocenters. The highest BCUT2D eigenvalue weighted by Gasteiger charge is 2.41. The number of halogens is 2. The second-order valence-electron chi connectivity index (χ2n) is 7.38. The maximum atomic E-state index is 13.7. The van der Waals surface area contributed by atoms with E-state index in [1.165, 1.54) is 23.5 Å². The van der Waals surface area contributed by atoms with Gasteiger partial charge in [0.15, 0.2) is 21.0 Å². The molecule has 168 valence electrons. The van der Waals surface area contributed by atoms with Crippen LogP contribution in [0.4, 0.5) is 19.6 Å².